The second-order valence-corrected chi connectivity index (χ2v) is 4.76. The van der Waals surface area contributed by atoms with Gasteiger partial charge in [0.1, 0.15) is 11.7 Å². The van der Waals surface area contributed by atoms with E-state index in [2.05, 4.69) is 10.3 Å². The molecule has 0 unspecified atom stereocenters. The van der Waals surface area contributed by atoms with Gasteiger partial charge in [0.25, 0.3) is 0 Å². The zero-order valence-electron chi connectivity index (χ0n) is 10.6. The summed E-state index contributed by atoms with van der Waals surface area (Å²) in [6.45, 7) is 0.162. The largest absolute Gasteiger partial charge is 0.423 e. The summed E-state index contributed by atoms with van der Waals surface area (Å²) in [6.07, 6.45) is 0. The average Bonchev–Trinajstić information content (AvgIpc) is 2.79. The first-order chi connectivity index (χ1) is 10.1. The molecule has 2 N–H and O–H groups in total. The van der Waals surface area contributed by atoms with Gasteiger partial charge in [-0.05, 0) is 23.8 Å². The highest BCUT2D eigenvalue weighted by atomic mass is 35.5. The Morgan fingerprint density at radius 2 is 2.24 bits per heavy atom. The highest BCUT2D eigenvalue weighted by molar-refractivity contribution is 6.31. The van der Waals surface area contributed by atoms with Crippen molar-refractivity contribution in [2.24, 2.45) is 0 Å². The van der Waals surface area contributed by atoms with Gasteiger partial charge in [-0.2, -0.15) is 5.26 Å². The Labute approximate surface area is 123 Å². The predicted molar refractivity (Wildman–Crippen MR) is 75.7 cm³/mol. The molecule has 7 nitrogen and oxygen atoms in total. The minimum absolute atomic E-state index is 0.0443. The lowest BCUT2D eigenvalue weighted by Crippen LogP contribution is -2.09. The van der Waals surface area contributed by atoms with Crippen LogP contribution in [0.5, 0.6) is 0 Å². The Morgan fingerprint density at radius 1 is 1.43 bits per heavy atom. The van der Waals surface area contributed by atoms with Gasteiger partial charge in [0.05, 0.1) is 6.54 Å². The molecule has 0 amide bonds. The lowest BCUT2D eigenvalue weighted by molar-refractivity contribution is 0.555. The van der Waals surface area contributed by atoms with E-state index in [0.29, 0.717) is 21.6 Å². The maximum atomic E-state index is 11.6. The van der Waals surface area contributed by atoms with E-state index in [9.17, 15) is 4.79 Å². The molecule has 2 heterocycles. The van der Waals surface area contributed by atoms with Gasteiger partial charge < -0.3 is 10.2 Å². The minimum Gasteiger partial charge on any atom is -0.423 e. The van der Waals surface area contributed by atoms with Gasteiger partial charge in [0.15, 0.2) is 11.5 Å². The molecule has 0 aliphatic rings. The fourth-order valence-corrected chi connectivity index (χ4v) is 2.22. The number of nitrogen functional groups attached to an aromatic ring is 1. The van der Waals surface area contributed by atoms with Crippen molar-refractivity contribution in [3.63, 3.8) is 0 Å². The number of nitrogens with zero attached hydrogens (tertiary/aromatic N) is 4. The van der Waals surface area contributed by atoms with Gasteiger partial charge in [-0.3, -0.25) is 0 Å². The molecule has 0 aliphatic carbocycles. The maximum absolute atomic E-state index is 11.6. The van der Waals surface area contributed by atoms with E-state index in [4.69, 9.17) is 27.0 Å². The first-order valence-electron chi connectivity index (χ1n) is 5.90. The summed E-state index contributed by atoms with van der Waals surface area (Å²) < 4.78 is 6.43. The summed E-state index contributed by atoms with van der Waals surface area (Å²) in [5, 5.41) is 17.7. The molecular formula is C13H8ClN5O2. The molecule has 0 saturated carbocycles. The zero-order valence-corrected chi connectivity index (χ0v) is 11.3. The van der Waals surface area contributed by atoms with Crippen LogP contribution >= 0.6 is 11.6 Å². The van der Waals surface area contributed by atoms with Crippen LogP contribution in [0.4, 0.5) is 5.82 Å². The molecule has 0 radical (unpaired) electrons. The Morgan fingerprint density at radius 3 is 3.00 bits per heavy atom. The number of aromatic nitrogens is 3. The summed E-state index contributed by atoms with van der Waals surface area (Å²) in [4.78, 5) is 11.6. The minimum atomic E-state index is -0.494. The topological polar surface area (TPSA) is 111 Å². The number of hydrogen-bond donors (Lipinski definition) is 1. The number of nitrogens with two attached hydrogens (primary N) is 1. The van der Waals surface area contributed by atoms with Crippen molar-refractivity contribution in [1.82, 2.24) is 15.0 Å². The molecule has 1 aromatic carbocycles. The first-order valence-corrected chi connectivity index (χ1v) is 6.27. The van der Waals surface area contributed by atoms with Crippen LogP contribution in [0.25, 0.3) is 11.0 Å². The van der Waals surface area contributed by atoms with Crippen LogP contribution < -0.4 is 11.4 Å². The molecule has 0 fully saturated rings. The van der Waals surface area contributed by atoms with E-state index in [0.717, 1.165) is 0 Å². The third-order valence-corrected chi connectivity index (χ3v) is 3.21. The molecule has 0 atom stereocenters. The van der Waals surface area contributed by atoms with E-state index >= 15 is 0 Å². The van der Waals surface area contributed by atoms with Gasteiger partial charge in [0, 0.05) is 16.5 Å². The maximum Gasteiger partial charge on any atom is 0.336 e. The van der Waals surface area contributed by atoms with E-state index in [1.807, 2.05) is 6.07 Å². The van der Waals surface area contributed by atoms with Crippen LogP contribution in [0, 0.1) is 11.3 Å². The Kier molecular flexibility index (Phi) is 3.08. The van der Waals surface area contributed by atoms with E-state index in [1.165, 1.54) is 10.7 Å². The normalized spacial score (nSPS) is 10.7. The van der Waals surface area contributed by atoms with Crippen molar-refractivity contribution >= 4 is 28.4 Å². The molecule has 21 heavy (non-hydrogen) atoms. The lowest BCUT2D eigenvalue weighted by Gasteiger charge is -2.06. The van der Waals surface area contributed by atoms with Crippen LogP contribution in [-0.2, 0) is 6.54 Å². The summed E-state index contributed by atoms with van der Waals surface area (Å²) in [6, 6.07) is 8.18. The molecule has 0 bridgehead atoms. The van der Waals surface area contributed by atoms with Crippen molar-refractivity contribution in [1.29, 1.82) is 5.26 Å². The molecule has 3 rings (SSSR count). The fourth-order valence-electron chi connectivity index (χ4n) is 2.04. The van der Waals surface area contributed by atoms with E-state index in [1.54, 1.807) is 18.2 Å². The smallest absolute Gasteiger partial charge is 0.336 e. The number of anilines is 1. The molecule has 3 aromatic rings. The van der Waals surface area contributed by atoms with Crippen LogP contribution in [-0.4, -0.2) is 15.0 Å². The van der Waals surface area contributed by atoms with Crippen molar-refractivity contribution < 1.29 is 4.42 Å². The Hall–Kier alpha value is -2.85. The van der Waals surface area contributed by atoms with Gasteiger partial charge >= 0.3 is 5.63 Å². The van der Waals surface area contributed by atoms with Crippen LogP contribution in [0.3, 0.4) is 0 Å². The second kappa shape index (κ2) is 4.92. The van der Waals surface area contributed by atoms with Crippen molar-refractivity contribution in [2.75, 3.05) is 5.73 Å². The van der Waals surface area contributed by atoms with Crippen molar-refractivity contribution in [3.8, 4) is 6.07 Å². The van der Waals surface area contributed by atoms with Crippen molar-refractivity contribution in [2.45, 2.75) is 6.54 Å². The zero-order chi connectivity index (χ0) is 15.0. The third kappa shape index (κ3) is 2.32. The van der Waals surface area contributed by atoms with E-state index < -0.39 is 5.63 Å². The summed E-state index contributed by atoms with van der Waals surface area (Å²) in [5.41, 5.74) is 6.22. The van der Waals surface area contributed by atoms with E-state index in [-0.39, 0.29) is 18.1 Å². The number of hydrogen-bond acceptors (Lipinski definition) is 6. The Balaban J connectivity index is 2.18. The van der Waals surface area contributed by atoms with Gasteiger partial charge in [-0.1, -0.05) is 16.8 Å². The van der Waals surface area contributed by atoms with Crippen LogP contribution in [0.1, 0.15) is 11.3 Å². The fraction of sp³-hybridized carbons (Fsp3) is 0.0769. The number of fused-ring (bicyclic) bond motifs is 1. The summed E-state index contributed by atoms with van der Waals surface area (Å²) in [5.74, 6) is 0.0443. The standard InChI is InChI=1S/C13H8ClN5O2/c14-8-1-2-11-9(4-8)7(3-12(20)21-11)6-19-10(5-15)13(16)17-18-19/h1-4H,6,16H2. The van der Waals surface area contributed by atoms with Crippen LogP contribution in [0.2, 0.25) is 5.02 Å². The number of halogens is 1. The molecule has 0 aliphatic heterocycles. The highest BCUT2D eigenvalue weighted by Gasteiger charge is 2.13. The predicted octanol–water partition coefficient (Wildman–Crippen LogP) is 1.54. The number of rotatable bonds is 2. The first kappa shape index (κ1) is 13.1. The summed E-state index contributed by atoms with van der Waals surface area (Å²) in [7, 11) is 0. The molecule has 2 aromatic heterocycles. The van der Waals surface area contributed by atoms with Crippen molar-refractivity contribution in [3.05, 3.63) is 51.0 Å². The van der Waals surface area contributed by atoms with Gasteiger partial charge in [0.2, 0.25) is 0 Å². The average molecular weight is 302 g/mol. The molecular weight excluding hydrogens is 294 g/mol. The SMILES string of the molecule is N#Cc1c(N)nnn1Cc1cc(=O)oc2ccc(Cl)cc12. The molecule has 0 spiro atoms. The second-order valence-electron chi connectivity index (χ2n) is 4.32. The molecule has 104 valence electrons. The summed E-state index contributed by atoms with van der Waals surface area (Å²) >= 11 is 5.97. The molecule has 8 heteroatoms. The monoisotopic (exact) mass is 301 g/mol. The lowest BCUT2D eigenvalue weighted by atomic mass is 10.1. The number of nitriles is 1. The Bertz CT molecular complexity index is 938. The highest BCUT2D eigenvalue weighted by Crippen LogP contribution is 2.22. The third-order valence-electron chi connectivity index (χ3n) is 2.98. The quantitative estimate of drug-likeness (QED) is 0.719. The van der Waals surface area contributed by atoms with Gasteiger partial charge in [-0.25, -0.2) is 9.48 Å². The number of benzene rings is 1. The molecule has 0 saturated heterocycles. The van der Waals surface area contributed by atoms with Crippen LogP contribution in [0.15, 0.2) is 33.5 Å². The van der Waals surface area contributed by atoms with Gasteiger partial charge in [-0.15, -0.1) is 5.10 Å².